The molecule has 3 heteroatoms. The first-order valence-corrected chi connectivity index (χ1v) is 9.43. The van der Waals surface area contributed by atoms with Gasteiger partial charge in [-0.25, -0.2) is 0 Å². The Morgan fingerprint density at radius 2 is 1.63 bits per heavy atom. The molecule has 0 radical (unpaired) electrons. The second kappa shape index (κ2) is 8.72. The molecule has 1 aromatic heterocycles. The molecule has 0 aliphatic rings. The van der Waals surface area contributed by atoms with Gasteiger partial charge in [0, 0.05) is 6.42 Å². The van der Waals surface area contributed by atoms with Crippen molar-refractivity contribution in [2.75, 3.05) is 0 Å². The van der Waals surface area contributed by atoms with Crippen LogP contribution in [0.15, 0.2) is 71.3 Å². The van der Waals surface area contributed by atoms with Crippen LogP contribution < -0.4 is 0 Å². The summed E-state index contributed by atoms with van der Waals surface area (Å²) in [7, 11) is 0. The fourth-order valence-corrected chi connectivity index (χ4v) is 3.36. The van der Waals surface area contributed by atoms with Crippen LogP contribution >= 0.6 is 0 Å². The van der Waals surface area contributed by atoms with Gasteiger partial charge in [0.15, 0.2) is 0 Å². The quantitative estimate of drug-likeness (QED) is 0.577. The molecule has 0 bridgehead atoms. The first-order valence-electron chi connectivity index (χ1n) is 9.43. The lowest BCUT2D eigenvalue weighted by atomic mass is 9.91. The van der Waals surface area contributed by atoms with E-state index in [1.54, 1.807) is 6.26 Å². The van der Waals surface area contributed by atoms with Crippen molar-refractivity contribution in [1.82, 2.24) is 0 Å². The fourth-order valence-electron chi connectivity index (χ4n) is 3.36. The summed E-state index contributed by atoms with van der Waals surface area (Å²) in [6.07, 6.45) is 3.82. The topological polar surface area (TPSA) is 50.4 Å². The van der Waals surface area contributed by atoms with E-state index in [-0.39, 0.29) is 0 Å². The number of rotatable bonds is 8. The highest BCUT2D eigenvalue weighted by Gasteiger charge is 2.21. The number of benzene rings is 2. The second-order valence-corrected chi connectivity index (χ2v) is 7.52. The highest BCUT2D eigenvalue weighted by atomic mass is 16.4. The molecule has 3 aromatic rings. The molecule has 140 valence electrons. The van der Waals surface area contributed by atoms with Gasteiger partial charge in [-0.3, -0.25) is 4.79 Å². The first kappa shape index (κ1) is 19.0. The van der Waals surface area contributed by atoms with E-state index >= 15 is 0 Å². The lowest BCUT2D eigenvalue weighted by molar-refractivity contribution is -0.138. The van der Waals surface area contributed by atoms with Gasteiger partial charge in [-0.2, -0.15) is 0 Å². The van der Waals surface area contributed by atoms with E-state index in [0.29, 0.717) is 18.8 Å². The maximum absolute atomic E-state index is 11.8. The number of carboxylic acid groups (broad SMARTS) is 1. The van der Waals surface area contributed by atoms with Gasteiger partial charge < -0.3 is 9.52 Å². The van der Waals surface area contributed by atoms with Gasteiger partial charge in [0.2, 0.25) is 0 Å². The third-order valence-electron chi connectivity index (χ3n) is 4.69. The van der Waals surface area contributed by atoms with Crippen molar-refractivity contribution in [2.45, 2.75) is 39.0 Å². The Labute approximate surface area is 160 Å². The van der Waals surface area contributed by atoms with Crippen LogP contribution in [-0.2, 0) is 24.1 Å². The molecule has 1 unspecified atom stereocenters. The maximum atomic E-state index is 11.8. The largest absolute Gasteiger partial charge is 0.481 e. The van der Waals surface area contributed by atoms with Gasteiger partial charge in [-0.15, -0.1) is 0 Å². The minimum absolute atomic E-state index is 0.428. The van der Waals surface area contributed by atoms with E-state index in [9.17, 15) is 9.90 Å². The van der Waals surface area contributed by atoms with E-state index < -0.39 is 11.9 Å². The summed E-state index contributed by atoms with van der Waals surface area (Å²) >= 11 is 0. The molecule has 0 spiro atoms. The Balaban J connectivity index is 1.70. The van der Waals surface area contributed by atoms with Crippen LogP contribution in [0.4, 0.5) is 0 Å². The van der Waals surface area contributed by atoms with Gasteiger partial charge >= 0.3 is 5.97 Å². The van der Waals surface area contributed by atoms with E-state index in [2.05, 4.69) is 26.0 Å². The molecule has 3 nitrogen and oxygen atoms in total. The van der Waals surface area contributed by atoms with E-state index in [1.807, 2.05) is 48.5 Å². The lowest BCUT2D eigenvalue weighted by Crippen LogP contribution is -2.14. The van der Waals surface area contributed by atoms with Gasteiger partial charge in [0.05, 0.1) is 12.2 Å². The molecule has 3 rings (SSSR count). The zero-order valence-corrected chi connectivity index (χ0v) is 15.9. The maximum Gasteiger partial charge on any atom is 0.311 e. The van der Waals surface area contributed by atoms with Crippen molar-refractivity contribution in [3.63, 3.8) is 0 Å². The Morgan fingerprint density at radius 3 is 2.26 bits per heavy atom. The number of carbonyl (C=O) groups is 1. The standard InChI is InChI=1S/C24H26O3/c1-17(2)12-19-8-10-21(11-9-19)23(24(25)26)15-20-14-22(27-16-20)13-18-6-4-3-5-7-18/h3-11,14,16-17,23H,12-13,15H2,1-2H3,(H,25,26). The van der Waals surface area contributed by atoms with Crippen molar-refractivity contribution >= 4 is 5.97 Å². The summed E-state index contributed by atoms with van der Waals surface area (Å²) in [5.74, 6) is 0.0606. The molecule has 27 heavy (non-hydrogen) atoms. The number of aliphatic carboxylic acids is 1. The first-order chi connectivity index (χ1) is 13.0. The van der Waals surface area contributed by atoms with Crippen LogP contribution in [0.5, 0.6) is 0 Å². The normalized spacial score (nSPS) is 12.3. The molecular formula is C24H26O3. The highest BCUT2D eigenvalue weighted by molar-refractivity contribution is 5.76. The van der Waals surface area contributed by atoms with Gasteiger partial charge in [0.1, 0.15) is 5.76 Å². The molecular weight excluding hydrogens is 336 g/mol. The molecule has 2 aromatic carbocycles. The van der Waals surface area contributed by atoms with Gasteiger partial charge in [0.25, 0.3) is 0 Å². The second-order valence-electron chi connectivity index (χ2n) is 7.52. The van der Waals surface area contributed by atoms with Crippen molar-refractivity contribution in [3.8, 4) is 0 Å². The number of hydrogen-bond acceptors (Lipinski definition) is 2. The van der Waals surface area contributed by atoms with E-state index in [4.69, 9.17) is 4.42 Å². The van der Waals surface area contributed by atoms with E-state index in [1.165, 1.54) is 11.1 Å². The molecule has 0 amide bonds. The Kier molecular flexibility index (Phi) is 6.12. The minimum atomic E-state index is -0.808. The minimum Gasteiger partial charge on any atom is -0.481 e. The zero-order chi connectivity index (χ0) is 19.2. The van der Waals surface area contributed by atoms with Crippen LogP contribution in [0.3, 0.4) is 0 Å². The number of hydrogen-bond donors (Lipinski definition) is 1. The molecule has 0 fully saturated rings. The molecule has 1 atom stereocenters. The van der Waals surface area contributed by atoms with Gasteiger partial charge in [-0.05, 0) is 47.1 Å². The summed E-state index contributed by atoms with van der Waals surface area (Å²) in [5.41, 5.74) is 4.17. The van der Waals surface area contributed by atoms with Crippen LogP contribution in [0.1, 0.15) is 47.8 Å². The molecule has 0 saturated heterocycles. The third-order valence-corrected chi connectivity index (χ3v) is 4.69. The molecule has 0 aliphatic heterocycles. The molecule has 1 heterocycles. The van der Waals surface area contributed by atoms with Crippen LogP contribution in [0, 0.1) is 5.92 Å². The van der Waals surface area contributed by atoms with Crippen LogP contribution in [0.25, 0.3) is 0 Å². The Bertz CT molecular complexity index is 860. The summed E-state index contributed by atoms with van der Waals surface area (Å²) in [6.45, 7) is 4.36. The van der Waals surface area contributed by atoms with Crippen LogP contribution in [0.2, 0.25) is 0 Å². The zero-order valence-electron chi connectivity index (χ0n) is 15.9. The highest BCUT2D eigenvalue weighted by Crippen LogP contribution is 2.24. The average Bonchev–Trinajstić information content (AvgIpc) is 3.08. The number of carboxylic acids is 1. The number of furan rings is 1. The summed E-state index contributed by atoms with van der Waals surface area (Å²) < 4.78 is 5.65. The fraction of sp³-hybridized carbons (Fsp3) is 0.292. The van der Waals surface area contributed by atoms with E-state index in [0.717, 1.165) is 23.3 Å². The summed E-state index contributed by atoms with van der Waals surface area (Å²) in [6, 6.07) is 20.1. The molecule has 0 aliphatic carbocycles. The third kappa shape index (κ3) is 5.33. The summed E-state index contributed by atoms with van der Waals surface area (Å²) in [4.78, 5) is 11.8. The SMILES string of the molecule is CC(C)Cc1ccc(C(Cc2coc(Cc3ccccc3)c2)C(=O)O)cc1. The Morgan fingerprint density at radius 1 is 0.926 bits per heavy atom. The predicted octanol–water partition coefficient (Wildman–Crippen LogP) is 5.48. The predicted molar refractivity (Wildman–Crippen MR) is 107 cm³/mol. The van der Waals surface area contributed by atoms with Crippen molar-refractivity contribution in [3.05, 3.63) is 94.9 Å². The smallest absolute Gasteiger partial charge is 0.311 e. The van der Waals surface area contributed by atoms with Crippen molar-refractivity contribution in [2.24, 2.45) is 5.92 Å². The monoisotopic (exact) mass is 362 g/mol. The summed E-state index contributed by atoms with van der Waals surface area (Å²) in [5, 5.41) is 9.71. The average molecular weight is 362 g/mol. The van der Waals surface area contributed by atoms with Gasteiger partial charge in [-0.1, -0.05) is 68.4 Å². The lowest BCUT2D eigenvalue weighted by Gasteiger charge is -2.13. The van der Waals surface area contributed by atoms with Crippen molar-refractivity contribution < 1.29 is 14.3 Å². The molecule has 1 N–H and O–H groups in total. The molecule has 0 saturated carbocycles. The van der Waals surface area contributed by atoms with Crippen LogP contribution in [-0.4, -0.2) is 11.1 Å². The van der Waals surface area contributed by atoms with Crippen molar-refractivity contribution in [1.29, 1.82) is 0 Å². The Hall–Kier alpha value is -2.81.